The Balaban J connectivity index is 0.000000287. The Morgan fingerprint density at radius 2 is 1.02 bits per heavy atom. The van der Waals surface area contributed by atoms with Crippen molar-refractivity contribution in [2.24, 2.45) is 0 Å². The molecule has 2 N–H and O–H groups in total. The second-order valence-electron chi connectivity index (χ2n) is 12.8. The molecule has 0 saturated carbocycles. The van der Waals surface area contributed by atoms with Gasteiger partial charge in [-0.2, -0.15) is 13.2 Å². The molecule has 0 bridgehead atoms. The molecule has 4 rings (SSSR count). The van der Waals surface area contributed by atoms with Gasteiger partial charge >= 0.3 is 6.18 Å². The molecule has 0 aliphatic carbocycles. The van der Waals surface area contributed by atoms with E-state index < -0.39 is 66.9 Å². The second kappa shape index (κ2) is 18.5. The number of aliphatic hydroxyl groups excluding tert-OH is 2. The molecule has 4 aromatic rings. The van der Waals surface area contributed by atoms with Gasteiger partial charge in [0.05, 0.1) is 25.3 Å². The molecule has 0 amide bonds. The zero-order valence-corrected chi connectivity index (χ0v) is 33.5. The molecule has 0 spiro atoms. The maximum Gasteiger partial charge on any atom is 0.414 e. The average molecular weight is 811 g/mol. The molecule has 53 heavy (non-hydrogen) atoms. The van der Waals surface area contributed by atoms with E-state index in [9.17, 15) is 43.5 Å². The molecule has 0 aliphatic heterocycles. The SMILES string of the molecule is C=C(CC(O)C(F)(F)F)S(=O)(=O)c1ccc(C)cc1.C=C(CS(=O)(=O)c1ccccc1)S(=O)(=O)c1ccc(C)cc1.CC(O)[Si](C)(C)c1ccccc1. The van der Waals surface area contributed by atoms with E-state index in [1.54, 1.807) is 37.3 Å². The zero-order valence-electron chi connectivity index (χ0n) is 30.1. The molecule has 2 atom stereocenters. The van der Waals surface area contributed by atoms with Gasteiger partial charge in [-0.1, -0.05) is 115 Å². The molecule has 4 aromatic carbocycles. The average Bonchev–Trinajstić information content (AvgIpc) is 3.09. The van der Waals surface area contributed by atoms with E-state index in [2.05, 4.69) is 38.4 Å². The van der Waals surface area contributed by atoms with Gasteiger partial charge in [0.1, 0.15) is 8.07 Å². The first-order chi connectivity index (χ1) is 24.3. The fourth-order valence-electron chi connectivity index (χ4n) is 4.32. The summed E-state index contributed by atoms with van der Waals surface area (Å²) in [5, 5.41) is 19.8. The second-order valence-corrected chi connectivity index (χ2v) is 23.8. The van der Waals surface area contributed by atoms with Crippen LogP contribution in [0.1, 0.15) is 24.5 Å². The van der Waals surface area contributed by atoms with Crippen LogP contribution in [0.15, 0.2) is 147 Å². The Bertz CT molecular complexity index is 2150. The van der Waals surface area contributed by atoms with Gasteiger partial charge in [0.2, 0.25) is 19.7 Å². The van der Waals surface area contributed by atoms with E-state index in [1.165, 1.54) is 53.7 Å². The maximum atomic E-state index is 12.4. The summed E-state index contributed by atoms with van der Waals surface area (Å²) in [6, 6.07) is 29.9. The topological polar surface area (TPSA) is 143 Å². The summed E-state index contributed by atoms with van der Waals surface area (Å²) in [5.41, 5.74) is 1.56. The summed E-state index contributed by atoms with van der Waals surface area (Å²) in [6.07, 6.45) is -8.67. The van der Waals surface area contributed by atoms with E-state index in [-0.39, 0.29) is 25.3 Å². The Hall–Kier alpha value is -3.86. The fourth-order valence-corrected chi connectivity index (χ4v) is 10.1. The minimum atomic E-state index is -4.87. The summed E-state index contributed by atoms with van der Waals surface area (Å²) in [7, 11) is -13.3. The van der Waals surface area contributed by atoms with Crippen molar-refractivity contribution < 1.29 is 48.6 Å². The third-order valence-electron chi connectivity index (χ3n) is 8.24. The molecule has 15 heteroatoms. The Labute approximate surface area is 312 Å². The predicted octanol–water partition coefficient (Wildman–Crippen LogP) is 6.87. The van der Waals surface area contributed by atoms with Crippen LogP contribution in [0.4, 0.5) is 13.2 Å². The standard InChI is InChI=1S/C16H16O4S2.C12H13F3O3S.C10H16OSi/c1-13-8-10-16(11-9-13)22(19,20)14(2)12-21(17,18)15-6-4-3-5-7-15;1-8-3-5-10(6-4-8)19(17,18)9(2)7-11(16)12(13,14)15;1-9(11)12(2,3)10-7-5-4-6-8-10/h3-11H,2,12H2,1H3;3-6,11,16H,2,7H2,1H3;4-9,11H,1-3H3. The van der Waals surface area contributed by atoms with Gasteiger partial charge in [-0.05, 0) is 57.2 Å². The summed E-state index contributed by atoms with van der Waals surface area (Å²) in [4.78, 5) is -1.01. The molecular weight excluding hydrogens is 766 g/mol. The summed E-state index contributed by atoms with van der Waals surface area (Å²) in [6.45, 7) is 16.4. The molecule has 0 heterocycles. The van der Waals surface area contributed by atoms with E-state index in [1.807, 2.05) is 32.0 Å². The number of hydrogen-bond acceptors (Lipinski definition) is 8. The van der Waals surface area contributed by atoms with Crippen molar-refractivity contribution in [3.05, 3.63) is 143 Å². The number of alkyl halides is 3. The minimum Gasteiger partial charge on any atom is -0.396 e. The lowest BCUT2D eigenvalue weighted by atomic mass is 10.2. The van der Waals surface area contributed by atoms with Crippen molar-refractivity contribution in [1.29, 1.82) is 0 Å². The highest BCUT2D eigenvalue weighted by atomic mass is 32.2. The lowest BCUT2D eigenvalue weighted by Gasteiger charge is -2.25. The molecule has 0 saturated heterocycles. The van der Waals surface area contributed by atoms with E-state index in [0.717, 1.165) is 11.1 Å². The number of benzene rings is 4. The first kappa shape index (κ1) is 45.3. The van der Waals surface area contributed by atoms with Crippen LogP contribution in [0.2, 0.25) is 13.1 Å². The van der Waals surface area contributed by atoms with E-state index in [4.69, 9.17) is 5.11 Å². The summed E-state index contributed by atoms with van der Waals surface area (Å²) in [5.74, 6) is -0.632. The van der Waals surface area contributed by atoms with Crippen LogP contribution in [0.25, 0.3) is 0 Å². The van der Waals surface area contributed by atoms with Gasteiger partial charge in [0, 0.05) is 17.1 Å². The highest BCUT2D eigenvalue weighted by molar-refractivity contribution is 7.98. The lowest BCUT2D eigenvalue weighted by Crippen LogP contribution is -2.51. The number of aryl methyl sites for hydroxylation is 2. The van der Waals surface area contributed by atoms with Crippen molar-refractivity contribution in [3.8, 4) is 0 Å². The number of rotatable bonds is 11. The Kier molecular flexibility index (Phi) is 15.8. The molecule has 0 aliphatic rings. The van der Waals surface area contributed by atoms with Crippen LogP contribution < -0.4 is 5.19 Å². The third-order valence-corrected chi connectivity index (χ3v) is 17.7. The van der Waals surface area contributed by atoms with Gasteiger partial charge in [0.25, 0.3) is 0 Å². The van der Waals surface area contributed by atoms with Crippen LogP contribution >= 0.6 is 0 Å². The van der Waals surface area contributed by atoms with Gasteiger partial charge in [0.15, 0.2) is 15.9 Å². The minimum absolute atomic E-state index is 0.0476. The molecular formula is C38H45F3O8S3Si. The van der Waals surface area contributed by atoms with Gasteiger partial charge in [-0.3, -0.25) is 0 Å². The number of aliphatic hydroxyl groups is 2. The van der Waals surface area contributed by atoms with E-state index >= 15 is 0 Å². The Morgan fingerprint density at radius 1 is 0.642 bits per heavy atom. The quantitative estimate of drug-likeness (QED) is 0.156. The third kappa shape index (κ3) is 12.9. The molecule has 0 aromatic heterocycles. The van der Waals surface area contributed by atoms with Gasteiger partial charge in [-0.15, -0.1) is 0 Å². The smallest absolute Gasteiger partial charge is 0.396 e. The van der Waals surface area contributed by atoms with Crippen molar-refractivity contribution in [2.75, 3.05) is 5.75 Å². The van der Waals surface area contributed by atoms with Gasteiger partial charge in [-0.25, -0.2) is 25.3 Å². The molecule has 0 radical (unpaired) electrons. The van der Waals surface area contributed by atoms with Crippen LogP contribution in [0.3, 0.4) is 0 Å². The number of halogens is 3. The first-order valence-corrected chi connectivity index (χ1v) is 23.8. The summed E-state index contributed by atoms with van der Waals surface area (Å²) >= 11 is 0. The van der Waals surface area contributed by atoms with Crippen molar-refractivity contribution in [3.63, 3.8) is 0 Å². The molecule has 0 fully saturated rings. The first-order valence-electron chi connectivity index (χ1n) is 16.1. The Morgan fingerprint density at radius 3 is 1.40 bits per heavy atom. The molecule has 2 unspecified atom stereocenters. The van der Waals surface area contributed by atoms with Crippen molar-refractivity contribution >= 4 is 42.8 Å². The largest absolute Gasteiger partial charge is 0.414 e. The monoisotopic (exact) mass is 810 g/mol. The normalized spacial score (nSPS) is 13.3. The van der Waals surface area contributed by atoms with Gasteiger partial charge < -0.3 is 10.2 Å². The van der Waals surface area contributed by atoms with Crippen molar-refractivity contribution in [1.82, 2.24) is 0 Å². The van der Waals surface area contributed by atoms with E-state index in [0.29, 0.717) is 0 Å². The highest BCUT2D eigenvalue weighted by Gasteiger charge is 2.40. The molecule has 8 nitrogen and oxygen atoms in total. The van der Waals surface area contributed by atoms with Crippen LogP contribution in [0.5, 0.6) is 0 Å². The predicted molar refractivity (Wildman–Crippen MR) is 205 cm³/mol. The fraction of sp³-hybridized carbons (Fsp3) is 0.263. The highest BCUT2D eigenvalue weighted by Crippen LogP contribution is 2.29. The summed E-state index contributed by atoms with van der Waals surface area (Å²) < 4.78 is 110. The molecule has 288 valence electrons. The van der Waals surface area contributed by atoms with Crippen LogP contribution in [0, 0.1) is 13.8 Å². The maximum absolute atomic E-state index is 12.4. The van der Waals surface area contributed by atoms with Crippen LogP contribution in [-0.2, 0) is 29.5 Å². The van der Waals surface area contributed by atoms with Crippen molar-refractivity contribution in [2.45, 2.75) is 73.0 Å². The zero-order chi connectivity index (χ0) is 40.4. The van der Waals surface area contributed by atoms with Crippen LogP contribution in [-0.4, -0.2) is 67.3 Å². The lowest BCUT2D eigenvalue weighted by molar-refractivity contribution is -0.202. The number of sulfone groups is 3. The number of hydrogen-bond donors (Lipinski definition) is 2.